The molecule has 0 radical (unpaired) electrons. The van der Waals surface area contributed by atoms with E-state index in [-0.39, 0.29) is 40.9 Å². The van der Waals surface area contributed by atoms with Crippen molar-refractivity contribution in [2.24, 2.45) is 45.3 Å². The molecule has 4 heterocycles. The number of hydrogen-bond donors (Lipinski definition) is 16. The highest BCUT2D eigenvalue weighted by atomic mass is 16.8. The molecule has 78 heavy (non-hydrogen) atoms. The molecule has 0 amide bonds. The van der Waals surface area contributed by atoms with Crippen molar-refractivity contribution in [1.82, 2.24) is 0 Å². The fourth-order valence-electron chi connectivity index (χ4n) is 15.7. The third-order valence-corrected chi connectivity index (χ3v) is 20.8. The number of ether oxygens (including phenoxy) is 8. The van der Waals surface area contributed by atoms with Crippen LogP contribution in [0.5, 0.6) is 0 Å². The number of aliphatic hydroxyl groups is 16. The Bertz CT molecular complexity index is 2020. The summed E-state index contributed by atoms with van der Waals surface area (Å²) in [6, 6.07) is 0. The molecule has 8 aliphatic rings. The van der Waals surface area contributed by atoms with Gasteiger partial charge in [0.25, 0.3) is 0 Å². The summed E-state index contributed by atoms with van der Waals surface area (Å²) in [6.07, 6.45) is -27.8. The highest BCUT2D eigenvalue weighted by Crippen LogP contribution is 2.75. The smallest absolute Gasteiger partial charge is 0.187 e. The lowest BCUT2D eigenvalue weighted by Gasteiger charge is -2.67. The minimum absolute atomic E-state index is 0.0171. The Morgan fingerprint density at radius 3 is 1.58 bits per heavy atom. The van der Waals surface area contributed by atoms with E-state index < -0.39 is 184 Å². The molecular formula is C54H92O24. The van der Waals surface area contributed by atoms with Crippen LogP contribution in [-0.2, 0) is 37.9 Å². The molecule has 452 valence electrons. The van der Waals surface area contributed by atoms with Crippen LogP contribution in [0, 0.1) is 45.3 Å². The second kappa shape index (κ2) is 23.7. The molecule has 3 saturated carbocycles. The Balaban J connectivity index is 0.951. The molecule has 0 spiro atoms. The van der Waals surface area contributed by atoms with Crippen molar-refractivity contribution in [3.05, 3.63) is 11.6 Å². The molecule has 24 heteroatoms. The molecule has 3 unspecified atom stereocenters. The van der Waals surface area contributed by atoms with Gasteiger partial charge in [0.15, 0.2) is 25.2 Å². The van der Waals surface area contributed by atoms with E-state index in [2.05, 4.69) is 47.6 Å². The standard InChI is InChI=1S/C54H92O24/c1-22(23-15-16-52(6)30-12-10-24-25(54(30,8)31(59)17-53(23,52)7)11-14-32(50(24,2)3)75-46-41(67)37(63)34(60)26(18-55)71-46)9-13-33(51(4,5)70)76-49-45(39(65)36(62)28(20-57)73-49)78-48-43(69)40(66)44(29(21-58)74-48)77-47-42(68)38(64)35(61)27(19-56)72-47/h10,22-23,25-49,55-70H,9,11-21H2,1-8H3/t22-,23?,25?,26-,27-,28-,29-,30?,31-,32+,33-,34-,35-,36-,37+,38+,39+,40-,41-,42-,43-,44-,45-,46+,47-,48+,49+,52+,53-,54+/m1/s1. The van der Waals surface area contributed by atoms with Crippen molar-refractivity contribution >= 4 is 0 Å². The molecule has 4 aliphatic carbocycles. The normalized spacial score (nSPS) is 51.4. The van der Waals surface area contributed by atoms with Gasteiger partial charge in [-0.25, -0.2) is 0 Å². The third kappa shape index (κ3) is 10.8. The first-order valence-corrected chi connectivity index (χ1v) is 28.0. The van der Waals surface area contributed by atoms with Gasteiger partial charge in [-0.2, -0.15) is 0 Å². The average Bonchev–Trinajstić information content (AvgIpc) is 3.68. The molecule has 16 N–H and O–H groups in total. The van der Waals surface area contributed by atoms with Crippen molar-refractivity contribution < 1.29 is 120 Å². The molecule has 4 saturated heterocycles. The molecule has 7 fully saturated rings. The fraction of sp³-hybridized carbons (Fsp3) is 0.963. The SMILES string of the molecule is C[C@H](CC[C@@H](O[C@@H]1O[C@H](CO)[C@@H](O)[C@H](O)[C@H]1O[C@@H]1O[C@H](CO)[C@@H](O[C@H]2O[C@H](CO)[C@@H](O)[C@H](O)[C@H]2O)[C@H](O)[C@H]1O)C(C)(C)O)C1CC[C@@]2(C)C3CC=C4C(CC[C@H](O[C@@H]5O[C@H](CO)[C@@H](O)[C@H](O)[C@H]5O)C4(C)C)[C@]3(C)[C@H](O)C[C@]12C. The van der Waals surface area contributed by atoms with Crippen LogP contribution in [0.4, 0.5) is 0 Å². The van der Waals surface area contributed by atoms with Crippen LogP contribution in [0.2, 0.25) is 0 Å². The van der Waals surface area contributed by atoms with Crippen LogP contribution in [-0.4, -0.2) is 255 Å². The Morgan fingerprint density at radius 2 is 1.04 bits per heavy atom. The molecule has 8 rings (SSSR count). The lowest BCUT2D eigenvalue weighted by atomic mass is 9.38. The van der Waals surface area contributed by atoms with Gasteiger partial charge >= 0.3 is 0 Å². The van der Waals surface area contributed by atoms with Gasteiger partial charge in [-0.1, -0.05) is 53.2 Å². The predicted molar refractivity (Wildman–Crippen MR) is 268 cm³/mol. The Morgan fingerprint density at radius 1 is 0.564 bits per heavy atom. The Hall–Kier alpha value is -1.22. The van der Waals surface area contributed by atoms with E-state index in [1.54, 1.807) is 0 Å². The molecule has 0 aromatic carbocycles. The predicted octanol–water partition coefficient (Wildman–Crippen LogP) is -3.23. The van der Waals surface area contributed by atoms with Crippen LogP contribution in [0.1, 0.15) is 107 Å². The lowest BCUT2D eigenvalue weighted by Crippen LogP contribution is -2.67. The van der Waals surface area contributed by atoms with Gasteiger partial charge in [0, 0.05) is 10.8 Å². The fourth-order valence-corrected chi connectivity index (χ4v) is 15.7. The van der Waals surface area contributed by atoms with Crippen LogP contribution in [0.15, 0.2) is 11.6 Å². The van der Waals surface area contributed by atoms with Crippen LogP contribution in [0.3, 0.4) is 0 Å². The number of aliphatic hydroxyl groups excluding tert-OH is 15. The number of allylic oxidation sites excluding steroid dienone is 1. The van der Waals surface area contributed by atoms with Gasteiger partial charge in [0.1, 0.15) is 97.7 Å². The van der Waals surface area contributed by atoms with Crippen LogP contribution < -0.4 is 0 Å². The van der Waals surface area contributed by atoms with Gasteiger partial charge in [-0.05, 0) is 99.7 Å². The number of rotatable bonds is 17. The first kappa shape index (κ1) is 62.8. The van der Waals surface area contributed by atoms with Gasteiger partial charge in [0.2, 0.25) is 0 Å². The summed E-state index contributed by atoms with van der Waals surface area (Å²) in [7, 11) is 0. The second-order valence-corrected chi connectivity index (χ2v) is 25.8. The van der Waals surface area contributed by atoms with Crippen molar-refractivity contribution in [2.75, 3.05) is 26.4 Å². The van der Waals surface area contributed by atoms with Crippen molar-refractivity contribution in [3.8, 4) is 0 Å². The highest BCUT2D eigenvalue weighted by molar-refractivity contribution is 5.32. The highest BCUT2D eigenvalue weighted by Gasteiger charge is 2.70. The summed E-state index contributed by atoms with van der Waals surface area (Å²) in [5.74, 6) is 0.293. The molecule has 24 nitrogen and oxygen atoms in total. The first-order valence-electron chi connectivity index (χ1n) is 28.0. The Kier molecular flexibility index (Phi) is 19.1. The second-order valence-electron chi connectivity index (χ2n) is 25.8. The van der Waals surface area contributed by atoms with E-state index in [1.807, 2.05) is 0 Å². The topological polar surface area (TPSA) is 398 Å². The maximum Gasteiger partial charge on any atom is 0.187 e. The number of hydrogen-bond acceptors (Lipinski definition) is 24. The monoisotopic (exact) mass is 1120 g/mol. The summed E-state index contributed by atoms with van der Waals surface area (Å²) >= 11 is 0. The van der Waals surface area contributed by atoms with Gasteiger partial charge in [-0.3, -0.25) is 0 Å². The third-order valence-electron chi connectivity index (χ3n) is 20.8. The van der Waals surface area contributed by atoms with Crippen LogP contribution >= 0.6 is 0 Å². The molecule has 0 bridgehead atoms. The van der Waals surface area contributed by atoms with E-state index in [0.717, 1.165) is 19.3 Å². The van der Waals surface area contributed by atoms with E-state index in [1.165, 1.54) is 19.4 Å². The zero-order valence-electron chi connectivity index (χ0n) is 46.1. The molecular weight excluding hydrogens is 1030 g/mol. The zero-order valence-corrected chi connectivity index (χ0v) is 46.1. The molecule has 4 aliphatic heterocycles. The Labute approximate surface area is 455 Å². The van der Waals surface area contributed by atoms with Crippen molar-refractivity contribution in [2.45, 2.75) is 253 Å². The molecule has 30 atom stereocenters. The van der Waals surface area contributed by atoms with Crippen molar-refractivity contribution in [3.63, 3.8) is 0 Å². The minimum atomic E-state index is -2.02. The van der Waals surface area contributed by atoms with Gasteiger partial charge in [-0.15, -0.1) is 0 Å². The summed E-state index contributed by atoms with van der Waals surface area (Å²) in [6.45, 7) is 13.3. The molecule has 0 aromatic rings. The van der Waals surface area contributed by atoms with E-state index in [4.69, 9.17) is 37.9 Å². The summed E-state index contributed by atoms with van der Waals surface area (Å²) < 4.78 is 47.6. The first-order chi connectivity index (χ1) is 36.5. The van der Waals surface area contributed by atoms with Gasteiger partial charge < -0.3 is 120 Å². The van der Waals surface area contributed by atoms with E-state index in [0.29, 0.717) is 25.7 Å². The van der Waals surface area contributed by atoms with E-state index >= 15 is 0 Å². The van der Waals surface area contributed by atoms with E-state index in [9.17, 15) is 81.7 Å². The van der Waals surface area contributed by atoms with Crippen molar-refractivity contribution in [1.29, 1.82) is 0 Å². The maximum absolute atomic E-state index is 12.7. The largest absolute Gasteiger partial charge is 0.394 e. The summed E-state index contributed by atoms with van der Waals surface area (Å²) in [5.41, 5.74) is -1.97. The lowest BCUT2D eigenvalue weighted by molar-refractivity contribution is -0.389. The summed E-state index contributed by atoms with van der Waals surface area (Å²) in [4.78, 5) is 0. The van der Waals surface area contributed by atoms with Gasteiger partial charge in [0.05, 0.1) is 50.3 Å². The van der Waals surface area contributed by atoms with Crippen LogP contribution in [0.25, 0.3) is 0 Å². The summed E-state index contributed by atoms with van der Waals surface area (Å²) in [5, 5.41) is 172. The zero-order chi connectivity index (χ0) is 57.5. The quantitative estimate of drug-likeness (QED) is 0.0637. The molecule has 0 aromatic heterocycles. The maximum atomic E-state index is 12.7. The average molecular weight is 1130 g/mol. The number of fused-ring (bicyclic) bond motifs is 5. The minimum Gasteiger partial charge on any atom is -0.394 e.